The summed E-state index contributed by atoms with van der Waals surface area (Å²) in [6.07, 6.45) is 5.71. The maximum absolute atomic E-state index is 14.1. The van der Waals surface area contributed by atoms with Crippen LogP contribution in [0.4, 0.5) is 0 Å². The third-order valence-corrected chi connectivity index (χ3v) is 9.63. The molecule has 10 nitrogen and oxygen atoms in total. The van der Waals surface area contributed by atoms with Gasteiger partial charge in [0.1, 0.15) is 22.8 Å². The second-order valence-corrected chi connectivity index (χ2v) is 12.5. The molecule has 1 saturated carbocycles. The van der Waals surface area contributed by atoms with Crippen LogP contribution < -0.4 is 5.73 Å². The van der Waals surface area contributed by atoms with Gasteiger partial charge >= 0.3 is 0 Å². The van der Waals surface area contributed by atoms with Crippen LogP contribution in [-0.4, -0.2) is 92.8 Å². The van der Waals surface area contributed by atoms with Crippen LogP contribution in [0.1, 0.15) is 47.9 Å². The molecule has 4 aliphatic rings. The number of hydrogen-bond acceptors (Lipinski definition) is 10. The van der Waals surface area contributed by atoms with E-state index in [0.717, 1.165) is 37.1 Å². The van der Waals surface area contributed by atoms with Crippen molar-refractivity contribution >= 4 is 35.0 Å². The summed E-state index contributed by atoms with van der Waals surface area (Å²) in [7, 11) is 3.19. The topological polar surface area (TPSA) is 165 Å². The lowest BCUT2D eigenvalue weighted by Gasteiger charge is -2.50. The highest BCUT2D eigenvalue weighted by atomic mass is 32.2. The predicted octanol–water partition coefficient (Wildman–Crippen LogP) is 1.81. The Morgan fingerprint density at radius 2 is 1.82 bits per heavy atom. The Morgan fingerprint density at radius 3 is 2.42 bits per heavy atom. The van der Waals surface area contributed by atoms with Gasteiger partial charge in [0.15, 0.2) is 11.4 Å². The molecule has 1 aromatic carbocycles. The minimum Gasteiger partial charge on any atom is -0.508 e. The van der Waals surface area contributed by atoms with Gasteiger partial charge in [-0.05, 0) is 82.2 Å². The number of amides is 1. The number of phenols is 1. The minimum absolute atomic E-state index is 0.0856. The zero-order valence-corrected chi connectivity index (χ0v) is 23.9. The first-order chi connectivity index (χ1) is 18.9. The van der Waals surface area contributed by atoms with E-state index in [0.29, 0.717) is 24.3 Å². The summed E-state index contributed by atoms with van der Waals surface area (Å²) in [5.41, 5.74) is 4.37. The number of carbonyl (C=O) groups is 3. The molecule has 1 aromatic rings. The Bertz CT molecular complexity index is 1350. The van der Waals surface area contributed by atoms with Crippen LogP contribution in [0.3, 0.4) is 0 Å². The SMILES string of the molecule is CSCc1cc(CN2CCCCC2)c2c(c1O)C(O)=C1C(=O)[C@]3(O)C(O)=C(C(N)=O)C(=O)[C@H](N(C)C)[C@@H]3C[C@@H]1C2. The van der Waals surface area contributed by atoms with Crippen molar-refractivity contribution in [2.45, 2.75) is 56.0 Å². The Kier molecular flexibility index (Phi) is 7.54. The average Bonchev–Trinajstić information content (AvgIpc) is 2.89. The van der Waals surface area contributed by atoms with E-state index >= 15 is 0 Å². The molecule has 0 spiro atoms. The molecule has 40 heavy (non-hydrogen) atoms. The predicted molar refractivity (Wildman–Crippen MR) is 151 cm³/mol. The number of benzene rings is 1. The fourth-order valence-electron chi connectivity index (χ4n) is 7.22. The van der Waals surface area contributed by atoms with Crippen LogP contribution in [0, 0.1) is 11.8 Å². The van der Waals surface area contributed by atoms with Crippen molar-refractivity contribution < 1.29 is 34.8 Å². The second-order valence-electron chi connectivity index (χ2n) is 11.6. The quantitative estimate of drug-likeness (QED) is 0.318. The Morgan fingerprint density at radius 1 is 1.15 bits per heavy atom. The number of thioether (sulfide) groups is 1. The monoisotopic (exact) mass is 571 g/mol. The Labute approximate surface area is 237 Å². The van der Waals surface area contributed by atoms with Gasteiger partial charge in [0, 0.05) is 29.4 Å². The molecule has 0 radical (unpaired) electrons. The molecule has 216 valence electrons. The van der Waals surface area contributed by atoms with E-state index in [1.54, 1.807) is 14.1 Å². The molecule has 0 bridgehead atoms. The zero-order chi connectivity index (χ0) is 29.1. The maximum Gasteiger partial charge on any atom is 0.255 e. The molecule has 6 N–H and O–H groups in total. The van der Waals surface area contributed by atoms with Gasteiger partial charge in [-0.3, -0.25) is 24.2 Å². The normalized spacial score (nSPS) is 29.0. The molecule has 11 heteroatoms. The number of likely N-dealkylation sites (N-methyl/N-ethyl adjacent to an activating group) is 1. The van der Waals surface area contributed by atoms with E-state index in [1.807, 2.05) is 12.3 Å². The van der Waals surface area contributed by atoms with Crippen molar-refractivity contribution in [3.05, 3.63) is 45.2 Å². The first-order valence-electron chi connectivity index (χ1n) is 13.7. The van der Waals surface area contributed by atoms with E-state index in [4.69, 9.17) is 5.73 Å². The number of rotatable bonds is 6. The van der Waals surface area contributed by atoms with Crippen LogP contribution in [0.25, 0.3) is 5.76 Å². The molecule has 1 amide bonds. The summed E-state index contributed by atoms with van der Waals surface area (Å²) in [5.74, 6) is -5.77. The summed E-state index contributed by atoms with van der Waals surface area (Å²) in [4.78, 5) is 43.4. The zero-order valence-electron chi connectivity index (χ0n) is 23.1. The Hall–Kier alpha value is -2.86. The van der Waals surface area contributed by atoms with E-state index < -0.39 is 58.0 Å². The van der Waals surface area contributed by atoms with Crippen LogP contribution in [-0.2, 0) is 33.1 Å². The minimum atomic E-state index is -2.63. The number of ketones is 2. The van der Waals surface area contributed by atoms with Crippen LogP contribution in [0.2, 0.25) is 0 Å². The highest BCUT2D eigenvalue weighted by molar-refractivity contribution is 7.97. The van der Waals surface area contributed by atoms with Gasteiger partial charge in [0.25, 0.3) is 5.91 Å². The molecule has 1 aliphatic heterocycles. The molecular formula is C29H37N3O7S. The number of likely N-dealkylation sites (tertiary alicyclic amines) is 1. The summed E-state index contributed by atoms with van der Waals surface area (Å²) in [6, 6.07) is 0.890. The summed E-state index contributed by atoms with van der Waals surface area (Å²) in [6.45, 7) is 2.56. The smallest absolute Gasteiger partial charge is 0.255 e. The van der Waals surface area contributed by atoms with Gasteiger partial charge in [-0.15, -0.1) is 0 Å². The molecule has 1 saturated heterocycles. The fraction of sp³-hybridized carbons (Fsp3) is 0.552. The number of Topliss-reactive ketones (excluding diaryl/α,β-unsaturated/α-hetero) is 2. The third kappa shape index (κ3) is 4.25. The number of aliphatic hydroxyl groups is 3. The fourth-order valence-corrected chi connectivity index (χ4v) is 7.75. The second kappa shape index (κ2) is 10.5. The average molecular weight is 572 g/mol. The molecule has 1 heterocycles. The number of nitrogens with zero attached hydrogens (tertiary/aromatic N) is 2. The lowest BCUT2D eigenvalue weighted by atomic mass is 9.57. The van der Waals surface area contributed by atoms with Gasteiger partial charge in [-0.1, -0.05) is 6.42 Å². The number of nitrogens with two attached hydrogens (primary N) is 1. The number of piperidine rings is 1. The molecule has 3 aliphatic carbocycles. The number of aliphatic hydroxyl groups excluding tert-OH is 2. The standard InChI is InChI=1S/C29H37N3O7S/c1-31(2)22-18-11-14-10-17-15(12-32-7-5-4-6-8-32)9-16(13-40-3)23(33)20(17)24(34)19(14)26(36)29(18,39)27(37)21(25(22)35)28(30)38/h9,14,18,22,33-34,37,39H,4-8,10-13H2,1-3H3,(H2,30,38)/t14-,18-,22+,29-/m0/s1. The maximum atomic E-state index is 14.1. The van der Waals surface area contributed by atoms with Crippen molar-refractivity contribution in [2.24, 2.45) is 17.6 Å². The number of fused-ring (bicyclic) bond motifs is 3. The van der Waals surface area contributed by atoms with E-state index in [1.165, 1.54) is 23.1 Å². The third-order valence-electron chi connectivity index (χ3n) is 9.03. The number of hydrogen-bond donors (Lipinski definition) is 5. The largest absolute Gasteiger partial charge is 0.508 e. The Balaban J connectivity index is 1.69. The van der Waals surface area contributed by atoms with Crippen LogP contribution in [0.15, 0.2) is 23.0 Å². The summed E-state index contributed by atoms with van der Waals surface area (Å²) < 4.78 is 0. The molecule has 5 rings (SSSR count). The van der Waals surface area contributed by atoms with Crippen LogP contribution in [0.5, 0.6) is 5.75 Å². The first kappa shape index (κ1) is 28.7. The molecule has 4 atom stereocenters. The lowest BCUT2D eigenvalue weighted by molar-refractivity contribution is -0.153. The van der Waals surface area contributed by atoms with Crippen molar-refractivity contribution in [1.82, 2.24) is 9.80 Å². The first-order valence-corrected chi connectivity index (χ1v) is 15.0. The number of carbonyl (C=O) groups excluding carboxylic acids is 3. The molecule has 2 fully saturated rings. The van der Waals surface area contributed by atoms with Crippen molar-refractivity contribution in [3.63, 3.8) is 0 Å². The number of primary amides is 1. The van der Waals surface area contributed by atoms with Gasteiger partial charge in [0.2, 0.25) is 5.78 Å². The van der Waals surface area contributed by atoms with E-state index in [-0.39, 0.29) is 23.3 Å². The van der Waals surface area contributed by atoms with Gasteiger partial charge in [-0.2, -0.15) is 11.8 Å². The van der Waals surface area contributed by atoms with Gasteiger partial charge in [0.05, 0.1) is 11.6 Å². The summed E-state index contributed by atoms with van der Waals surface area (Å²) >= 11 is 1.52. The molecule has 0 unspecified atom stereocenters. The van der Waals surface area contributed by atoms with Crippen molar-refractivity contribution in [2.75, 3.05) is 33.4 Å². The highest BCUT2D eigenvalue weighted by Gasteiger charge is 2.64. The molecule has 0 aromatic heterocycles. The van der Waals surface area contributed by atoms with Crippen molar-refractivity contribution in [3.8, 4) is 5.75 Å². The number of aromatic hydroxyl groups is 1. The lowest BCUT2D eigenvalue weighted by Crippen LogP contribution is -2.65. The van der Waals surface area contributed by atoms with Crippen LogP contribution >= 0.6 is 11.8 Å². The highest BCUT2D eigenvalue weighted by Crippen LogP contribution is 2.53. The van der Waals surface area contributed by atoms with Gasteiger partial charge < -0.3 is 26.2 Å². The summed E-state index contributed by atoms with van der Waals surface area (Å²) in [5, 5.41) is 45.7. The van der Waals surface area contributed by atoms with E-state index in [2.05, 4.69) is 4.90 Å². The number of phenolic OH excluding ortho intramolecular Hbond substituents is 1. The van der Waals surface area contributed by atoms with Gasteiger partial charge in [-0.25, -0.2) is 0 Å². The van der Waals surface area contributed by atoms with E-state index in [9.17, 15) is 34.8 Å². The molecular weight excluding hydrogens is 534 g/mol. The van der Waals surface area contributed by atoms with Crippen molar-refractivity contribution in [1.29, 1.82) is 0 Å².